The van der Waals surface area contributed by atoms with E-state index < -0.39 is 82.0 Å². The molecular weight excluding hydrogens is 1020 g/mol. The topological polar surface area (TPSA) is 270 Å². The number of ether oxygens (including phenoxy) is 4. The zero-order valence-corrected chi connectivity index (χ0v) is 43.3. The molecule has 31 heteroatoms. The quantitative estimate of drug-likeness (QED) is 0.0439. The van der Waals surface area contributed by atoms with Crippen molar-refractivity contribution >= 4 is 104 Å². The SMILES string of the molecule is CC(=O)OCCCn1c(=O)c([N+](=O)[O-])c(/C=C/c2cccc(OC(F)(F)F)c2)n(C)c1=O.CC(=O)OCCCn1c(=O)c2c(n(C)c1=O)C=C(c1cccc(OC(F)(F)F)c1)C2.O=S(=O)=S(=O)=O.[Na][Na]. The van der Waals surface area contributed by atoms with Gasteiger partial charge in [-0.2, -0.15) is 16.8 Å². The van der Waals surface area contributed by atoms with Crippen molar-refractivity contribution in [2.45, 2.75) is 58.9 Å². The number of hydrogen-bond acceptors (Lipinski definition) is 16. The molecule has 0 radical (unpaired) electrons. The van der Waals surface area contributed by atoms with E-state index in [4.69, 9.17) is 26.3 Å². The summed E-state index contributed by atoms with van der Waals surface area (Å²) in [7, 11) is -3.17. The number of rotatable bonds is 14. The van der Waals surface area contributed by atoms with E-state index in [2.05, 4.69) is 9.47 Å². The molecule has 70 heavy (non-hydrogen) atoms. The van der Waals surface area contributed by atoms with Crippen LogP contribution in [0.2, 0.25) is 0 Å². The summed E-state index contributed by atoms with van der Waals surface area (Å²) in [6, 6.07) is 10.2. The number of fused-ring (bicyclic) bond motifs is 1. The number of benzene rings is 2. The molecule has 370 valence electrons. The fraction of sp³-hybridized carbons (Fsp3) is 0.333. The fourth-order valence-corrected chi connectivity index (χ4v) is 6.07. The minimum atomic E-state index is -4.90. The summed E-state index contributed by atoms with van der Waals surface area (Å²) >= 11 is 2.89. The molecule has 21 nitrogen and oxygen atoms in total. The van der Waals surface area contributed by atoms with E-state index >= 15 is 0 Å². The first-order valence-corrected chi connectivity index (χ1v) is 30.7. The normalized spacial score (nSPS) is 11.6. The molecule has 0 amide bonds. The Labute approximate surface area is 421 Å². The van der Waals surface area contributed by atoms with E-state index in [1.807, 2.05) is 0 Å². The van der Waals surface area contributed by atoms with Gasteiger partial charge in [0.2, 0.25) is 0 Å². The van der Waals surface area contributed by atoms with E-state index in [9.17, 15) is 65.2 Å². The number of hydrogen-bond donors (Lipinski definition) is 0. The molecular formula is C39H37F6N5Na2O16S2. The van der Waals surface area contributed by atoms with Gasteiger partial charge in [-0.1, -0.05) is 30.3 Å². The maximum atomic E-state index is 12.8. The van der Waals surface area contributed by atoms with Gasteiger partial charge in [0.1, 0.15) is 17.2 Å². The van der Waals surface area contributed by atoms with Crippen molar-refractivity contribution in [2.24, 2.45) is 14.1 Å². The monoisotopic (exact) mass is 1060 g/mol. The summed E-state index contributed by atoms with van der Waals surface area (Å²) in [6.45, 7) is 2.30. The number of nitrogens with zero attached hydrogens (tertiary/aromatic N) is 5. The number of alkyl halides is 6. The molecule has 1 aliphatic carbocycles. The Bertz CT molecular complexity index is 3120. The zero-order chi connectivity index (χ0) is 53.3. The molecule has 1 aliphatic rings. The van der Waals surface area contributed by atoms with Crippen molar-refractivity contribution in [3.8, 4) is 11.5 Å². The van der Waals surface area contributed by atoms with Crippen molar-refractivity contribution in [3.63, 3.8) is 0 Å². The van der Waals surface area contributed by atoms with Crippen molar-refractivity contribution < 1.29 is 76.6 Å². The van der Waals surface area contributed by atoms with Crippen molar-refractivity contribution in [1.29, 1.82) is 0 Å². The summed E-state index contributed by atoms with van der Waals surface area (Å²) in [6.07, 6.45) is -5.26. The molecule has 0 atom stereocenters. The van der Waals surface area contributed by atoms with E-state index in [1.54, 1.807) is 12.1 Å². The fourth-order valence-electron chi connectivity index (χ4n) is 6.07. The van der Waals surface area contributed by atoms with Crippen LogP contribution in [-0.4, -0.2) is 122 Å². The molecule has 2 aromatic heterocycles. The number of halogens is 6. The molecule has 0 spiro atoms. The van der Waals surface area contributed by atoms with Crippen LogP contribution >= 0.6 is 0 Å². The van der Waals surface area contributed by atoms with Gasteiger partial charge in [0.25, 0.3) is 5.56 Å². The molecule has 0 N–H and O–H groups in total. The molecule has 0 aliphatic heterocycles. The Morgan fingerprint density at radius 3 is 1.69 bits per heavy atom. The second kappa shape index (κ2) is 27.7. The number of nitro groups is 1. The van der Waals surface area contributed by atoms with Crippen molar-refractivity contribution in [3.05, 3.63) is 128 Å². The predicted molar refractivity (Wildman–Crippen MR) is 237 cm³/mol. The first kappa shape index (κ1) is 60.6. The van der Waals surface area contributed by atoms with Crippen LogP contribution < -0.4 is 32.0 Å². The number of esters is 2. The third-order valence-corrected chi connectivity index (χ3v) is 9.75. The van der Waals surface area contributed by atoms with Gasteiger partial charge in [-0.3, -0.25) is 47.6 Å². The van der Waals surface area contributed by atoms with Crippen LogP contribution in [0.15, 0.2) is 67.7 Å². The van der Waals surface area contributed by atoms with Crippen molar-refractivity contribution in [1.82, 2.24) is 18.3 Å². The van der Waals surface area contributed by atoms with Gasteiger partial charge in [-0.05, 0) is 66.0 Å². The molecule has 0 saturated carbocycles. The summed E-state index contributed by atoms with van der Waals surface area (Å²) < 4.78 is 132. The molecule has 0 fully saturated rings. The molecule has 0 bridgehead atoms. The number of carbonyl (C=O) groups excluding carboxylic acids is 2. The average molecular weight is 1060 g/mol. The Morgan fingerprint density at radius 1 is 0.743 bits per heavy atom. The Balaban J connectivity index is 0.000000417. The van der Waals surface area contributed by atoms with Gasteiger partial charge in [-0.25, -0.2) is 9.59 Å². The Morgan fingerprint density at radius 2 is 1.21 bits per heavy atom. The van der Waals surface area contributed by atoms with Crippen LogP contribution in [-0.2, 0) is 71.2 Å². The second-order valence-corrected chi connectivity index (χ2v) is 16.1. The predicted octanol–water partition coefficient (Wildman–Crippen LogP) is 2.87. The minimum absolute atomic E-state index is 0.0765. The number of carbonyl (C=O) groups is 2. The first-order valence-electron chi connectivity index (χ1n) is 20.0. The summed E-state index contributed by atoms with van der Waals surface area (Å²) in [5, 5.41) is 11.5. The van der Waals surface area contributed by atoms with Gasteiger partial charge >= 0.3 is 109 Å². The van der Waals surface area contributed by atoms with Gasteiger partial charge in [0, 0.05) is 53.0 Å². The van der Waals surface area contributed by atoms with Gasteiger partial charge < -0.3 is 18.9 Å². The Kier molecular flexibility index (Phi) is 24.0. The van der Waals surface area contributed by atoms with Crippen LogP contribution in [0.3, 0.4) is 0 Å². The van der Waals surface area contributed by atoms with Crippen LogP contribution in [0.1, 0.15) is 54.8 Å². The third kappa shape index (κ3) is 19.0. The molecule has 4 aromatic rings. The second-order valence-electron chi connectivity index (χ2n) is 13.6. The van der Waals surface area contributed by atoms with E-state index in [1.165, 1.54) is 113 Å². The standard InChI is InChI=1S/C20H19F3N2O5.C19H18F3N3O7.2Na.O4S2/c1-12(26)29-8-4-7-25-18(27)16-10-14(11-17(16)24(2)19(25)28)13-5-3-6-15(9-13)30-20(21,22)23;1-12(26)31-10-4-9-24-17(27)16(25(29)30)15(23(2)18(24)28)8-7-13-5-3-6-14(11-13)32-19(20,21)22;;;1-5(2)6(3)4/h3,5-6,9,11H,4,7-8,10H2,1-2H3;3,5-8,11H,4,9-10H2,1-2H3;;;/b;8-7+;;;. The zero-order valence-electron chi connectivity index (χ0n) is 37.7. The molecule has 2 heterocycles. The van der Waals surface area contributed by atoms with Crippen LogP contribution in [0.25, 0.3) is 23.8 Å². The van der Waals surface area contributed by atoms with E-state index in [0.29, 0.717) is 33.4 Å². The summed E-state index contributed by atoms with van der Waals surface area (Å²) in [4.78, 5) is 82.7. The van der Waals surface area contributed by atoms with Gasteiger partial charge in [0.05, 0.1) is 23.8 Å². The molecule has 0 unspecified atom stereocenters. The summed E-state index contributed by atoms with van der Waals surface area (Å²) in [5.74, 6) is -1.88. The maximum absolute atomic E-state index is 12.8. The third-order valence-electron chi connectivity index (χ3n) is 8.86. The first-order chi connectivity index (χ1) is 32.6. The van der Waals surface area contributed by atoms with Crippen molar-refractivity contribution in [2.75, 3.05) is 13.2 Å². The van der Waals surface area contributed by atoms with Gasteiger partial charge in [-0.15, -0.1) is 26.3 Å². The van der Waals surface area contributed by atoms with E-state index in [-0.39, 0.29) is 56.2 Å². The van der Waals surface area contributed by atoms with Crippen LogP contribution in [0.4, 0.5) is 32.0 Å². The van der Waals surface area contributed by atoms with Crippen LogP contribution in [0.5, 0.6) is 11.5 Å². The molecule has 2 aromatic carbocycles. The molecule has 0 saturated heterocycles. The number of aromatic nitrogens is 4. The average Bonchev–Trinajstić information content (AvgIpc) is 3.72. The summed E-state index contributed by atoms with van der Waals surface area (Å²) in [5.41, 5.74) is -2.20. The molecule has 5 rings (SSSR count). The van der Waals surface area contributed by atoms with E-state index in [0.717, 1.165) is 27.3 Å². The van der Waals surface area contributed by atoms with Gasteiger partial charge in [0.15, 0.2) is 0 Å². The Hall–Kier alpha value is -5.56. The van der Waals surface area contributed by atoms with Crippen LogP contribution in [0, 0.1) is 10.1 Å². The number of allylic oxidation sites excluding steroid dienone is 1.